The van der Waals surface area contributed by atoms with Gasteiger partial charge in [0, 0.05) is 13.0 Å². The Labute approximate surface area is 170 Å². The highest BCUT2D eigenvalue weighted by Crippen LogP contribution is 2.26. The van der Waals surface area contributed by atoms with E-state index in [-0.39, 0.29) is 11.4 Å². The van der Waals surface area contributed by atoms with Gasteiger partial charge in [0.15, 0.2) is 0 Å². The molecule has 0 radical (unpaired) electrons. The zero-order valence-corrected chi connectivity index (χ0v) is 16.9. The topological polar surface area (TPSA) is 83.9 Å². The van der Waals surface area contributed by atoms with Crippen molar-refractivity contribution in [2.75, 3.05) is 6.61 Å². The molecule has 1 N–H and O–H groups in total. The van der Waals surface area contributed by atoms with Gasteiger partial charge >= 0.3 is 5.97 Å². The number of sulfonamides is 1. The Morgan fingerprint density at radius 1 is 1.17 bits per heavy atom. The fraction of sp³-hybridized carbons (Fsp3) is 0.286. The minimum Gasteiger partial charge on any atom is -0.494 e. The molecule has 2 aromatic rings. The summed E-state index contributed by atoms with van der Waals surface area (Å²) in [6.45, 7) is 5.31. The molecule has 0 aliphatic heterocycles. The van der Waals surface area contributed by atoms with Crippen LogP contribution in [0.1, 0.15) is 25.3 Å². The summed E-state index contributed by atoms with van der Waals surface area (Å²) < 4.78 is 46.2. The van der Waals surface area contributed by atoms with Gasteiger partial charge in [0.05, 0.1) is 17.3 Å². The Balaban J connectivity index is 2.44. The number of carboxylic acid groups (broad SMARTS) is 1. The second kappa shape index (κ2) is 10.2. The smallest absolute Gasteiger partial charge is 0.322 e. The number of hydrogen-bond donors (Lipinski definition) is 1. The molecule has 0 amide bonds. The van der Waals surface area contributed by atoms with Crippen molar-refractivity contribution in [1.82, 2.24) is 4.31 Å². The van der Waals surface area contributed by atoms with E-state index >= 15 is 0 Å². The lowest BCUT2D eigenvalue weighted by atomic mass is 10.1. The van der Waals surface area contributed by atoms with Crippen LogP contribution in [0.25, 0.3) is 0 Å². The largest absolute Gasteiger partial charge is 0.494 e. The molecule has 0 saturated heterocycles. The molecule has 6 nitrogen and oxygen atoms in total. The number of nitrogens with zero attached hydrogens (tertiary/aromatic N) is 1. The van der Waals surface area contributed by atoms with E-state index in [4.69, 9.17) is 4.74 Å². The normalized spacial score (nSPS) is 12.5. The third kappa shape index (κ3) is 6.13. The van der Waals surface area contributed by atoms with E-state index in [9.17, 15) is 22.7 Å². The lowest BCUT2D eigenvalue weighted by Gasteiger charge is -2.28. The van der Waals surface area contributed by atoms with Crippen LogP contribution in [0.2, 0.25) is 0 Å². The maximum atomic E-state index is 13.5. The number of halogens is 1. The average Bonchev–Trinajstić information content (AvgIpc) is 2.69. The number of carbonyl (C=O) groups is 1. The van der Waals surface area contributed by atoms with Gasteiger partial charge in [0.2, 0.25) is 10.0 Å². The summed E-state index contributed by atoms with van der Waals surface area (Å²) in [5.74, 6) is -1.85. The highest BCUT2D eigenvalue weighted by molar-refractivity contribution is 7.89. The summed E-state index contributed by atoms with van der Waals surface area (Å²) in [5.41, 5.74) is 0.578. The van der Waals surface area contributed by atoms with Crippen LogP contribution in [-0.4, -0.2) is 36.4 Å². The first-order valence-electron chi connectivity index (χ1n) is 9.10. The van der Waals surface area contributed by atoms with Crippen molar-refractivity contribution in [3.8, 4) is 5.75 Å². The number of hydrogen-bond acceptors (Lipinski definition) is 4. The third-order valence-corrected chi connectivity index (χ3v) is 6.00. The molecule has 0 aliphatic carbocycles. The average molecular weight is 421 g/mol. The summed E-state index contributed by atoms with van der Waals surface area (Å²) >= 11 is 0. The molecule has 0 spiro atoms. The van der Waals surface area contributed by atoms with Gasteiger partial charge in [-0.1, -0.05) is 43.8 Å². The van der Waals surface area contributed by atoms with Crippen molar-refractivity contribution in [1.29, 1.82) is 0 Å². The van der Waals surface area contributed by atoms with E-state index in [2.05, 4.69) is 6.58 Å². The molecule has 8 heteroatoms. The maximum absolute atomic E-state index is 13.5. The Morgan fingerprint density at radius 2 is 1.79 bits per heavy atom. The highest BCUT2D eigenvalue weighted by Gasteiger charge is 2.36. The van der Waals surface area contributed by atoms with Crippen molar-refractivity contribution in [2.45, 2.75) is 37.2 Å². The predicted octanol–water partition coefficient (Wildman–Crippen LogP) is 3.99. The van der Waals surface area contributed by atoms with Crippen molar-refractivity contribution in [3.05, 3.63) is 72.6 Å². The van der Waals surface area contributed by atoms with Gasteiger partial charge in [-0.3, -0.25) is 4.79 Å². The molecule has 156 valence electrons. The molecule has 2 rings (SSSR count). The first-order valence-corrected chi connectivity index (χ1v) is 10.5. The van der Waals surface area contributed by atoms with Crippen molar-refractivity contribution < 1.29 is 27.4 Å². The Morgan fingerprint density at radius 3 is 2.31 bits per heavy atom. The van der Waals surface area contributed by atoms with E-state index in [1.54, 1.807) is 30.3 Å². The molecule has 0 unspecified atom stereocenters. The fourth-order valence-corrected chi connectivity index (χ4v) is 4.28. The quantitative estimate of drug-likeness (QED) is 0.593. The number of aliphatic carboxylic acids is 1. The molecular weight excluding hydrogens is 397 g/mol. The van der Waals surface area contributed by atoms with E-state index in [0.29, 0.717) is 17.9 Å². The molecule has 0 aromatic heterocycles. The van der Waals surface area contributed by atoms with Gasteiger partial charge in [0.25, 0.3) is 0 Å². The van der Waals surface area contributed by atoms with Crippen molar-refractivity contribution >= 4 is 16.0 Å². The van der Waals surface area contributed by atoms with E-state index in [1.165, 1.54) is 24.3 Å². The first kappa shape index (κ1) is 22.6. The number of ether oxygens (including phenoxy) is 1. The summed E-state index contributed by atoms with van der Waals surface area (Å²) in [5, 5.41) is 9.59. The summed E-state index contributed by atoms with van der Waals surface area (Å²) in [6, 6.07) is 12.6. The van der Waals surface area contributed by atoms with Crippen LogP contribution in [-0.2, 0) is 21.4 Å². The molecule has 29 heavy (non-hydrogen) atoms. The third-order valence-electron chi connectivity index (χ3n) is 4.13. The van der Waals surface area contributed by atoms with Gasteiger partial charge in [-0.15, -0.1) is 0 Å². The van der Waals surface area contributed by atoms with Gasteiger partial charge in [-0.05, 0) is 36.2 Å². The number of carboxylic acids is 1. The number of rotatable bonds is 11. The molecule has 0 bridgehead atoms. The van der Waals surface area contributed by atoms with Crippen LogP contribution in [0, 0.1) is 0 Å². The highest BCUT2D eigenvalue weighted by atomic mass is 32.2. The second-order valence-corrected chi connectivity index (χ2v) is 8.32. The summed E-state index contributed by atoms with van der Waals surface area (Å²) in [4.78, 5) is 11.7. The van der Waals surface area contributed by atoms with Gasteiger partial charge in [-0.25, -0.2) is 12.8 Å². The molecular formula is C21H24FNO5S. The monoisotopic (exact) mass is 421 g/mol. The van der Waals surface area contributed by atoms with Crippen LogP contribution < -0.4 is 4.74 Å². The minimum absolute atomic E-state index is 0.104. The van der Waals surface area contributed by atoms with E-state index in [0.717, 1.165) is 10.7 Å². The molecule has 0 heterocycles. The molecule has 1 atom stereocenters. The molecule has 0 saturated carbocycles. The first-order chi connectivity index (χ1) is 13.8. The van der Waals surface area contributed by atoms with E-state index in [1.807, 2.05) is 6.92 Å². The standard InChI is InChI=1S/C21H24FNO5S/c1-3-13-28-18-9-11-19(12-10-18)29(26,27)23(15-17-7-5-4-6-8-17)20(21(24)25)14-16(2)22/h4-12,20H,2-3,13-15H2,1H3,(H,24,25)/t20-/m0/s1. The van der Waals surface area contributed by atoms with Gasteiger partial charge in [0.1, 0.15) is 11.8 Å². The van der Waals surface area contributed by atoms with Crippen LogP contribution in [0.5, 0.6) is 5.75 Å². The van der Waals surface area contributed by atoms with Crippen LogP contribution in [0.3, 0.4) is 0 Å². The Kier molecular flexibility index (Phi) is 7.92. The molecule has 0 aliphatic rings. The fourth-order valence-electron chi connectivity index (χ4n) is 2.71. The summed E-state index contributed by atoms with van der Waals surface area (Å²) in [7, 11) is -4.24. The zero-order valence-electron chi connectivity index (χ0n) is 16.1. The lowest BCUT2D eigenvalue weighted by Crippen LogP contribution is -2.44. The summed E-state index contributed by atoms with van der Waals surface area (Å²) in [6.07, 6.45) is 0.164. The van der Waals surface area contributed by atoms with Crippen LogP contribution >= 0.6 is 0 Å². The predicted molar refractivity (Wildman–Crippen MR) is 108 cm³/mol. The Hall–Kier alpha value is -2.71. The SMILES string of the molecule is C=C(F)C[C@@H](C(=O)O)N(Cc1ccccc1)S(=O)(=O)c1ccc(OCCC)cc1. The van der Waals surface area contributed by atoms with E-state index < -0.39 is 34.3 Å². The lowest BCUT2D eigenvalue weighted by molar-refractivity contribution is -0.141. The second-order valence-electron chi connectivity index (χ2n) is 6.43. The number of benzene rings is 2. The zero-order chi connectivity index (χ0) is 21.4. The van der Waals surface area contributed by atoms with Crippen molar-refractivity contribution in [3.63, 3.8) is 0 Å². The molecule has 0 fully saturated rings. The van der Waals surface area contributed by atoms with Gasteiger partial charge in [-0.2, -0.15) is 4.31 Å². The maximum Gasteiger partial charge on any atom is 0.322 e. The molecule has 2 aromatic carbocycles. The van der Waals surface area contributed by atoms with Crippen LogP contribution in [0.4, 0.5) is 4.39 Å². The minimum atomic E-state index is -4.24. The van der Waals surface area contributed by atoms with Crippen molar-refractivity contribution in [2.24, 2.45) is 0 Å². The van der Waals surface area contributed by atoms with Crippen LogP contribution in [0.15, 0.2) is 71.9 Å². The Bertz CT molecular complexity index is 929. The van der Waals surface area contributed by atoms with Gasteiger partial charge < -0.3 is 9.84 Å².